The molecule has 0 aromatic heterocycles. The van der Waals surface area contributed by atoms with Gasteiger partial charge < -0.3 is 10.1 Å². The van der Waals surface area contributed by atoms with Crippen LogP contribution in [0, 0.1) is 5.82 Å². The highest BCUT2D eigenvalue weighted by Gasteiger charge is 2.27. The van der Waals surface area contributed by atoms with Crippen LogP contribution in [0.25, 0.3) is 11.3 Å². The third-order valence-electron chi connectivity index (χ3n) is 5.50. The number of nitrogens with one attached hydrogen (secondary N) is 2. The summed E-state index contributed by atoms with van der Waals surface area (Å²) >= 11 is 6.07. The zero-order chi connectivity index (χ0) is 24.2. The summed E-state index contributed by atoms with van der Waals surface area (Å²) in [5, 5.41) is 5.08. The van der Waals surface area contributed by atoms with E-state index in [2.05, 4.69) is 10.7 Å². The summed E-state index contributed by atoms with van der Waals surface area (Å²) in [5.74, 6) is 0.564. The normalized spacial score (nSPS) is 12.9. The highest BCUT2D eigenvalue weighted by molar-refractivity contribution is 6.30. The number of ether oxygens (including phenoxy) is 1. The minimum absolute atomic E-state index is 0.304. The van der Waals surface area contributed by atoms with Crippen LogP contribution < -0.4 is 15.5 Å². The van der Waals surface area contributed by atoms with Crippen molar-refractivity contribution in [1.29, 1.82) is 0 Å². The Morgan fingerprint density at radius 2 is 1.60 bits per heavy atom. The molecule has 7 heteroatoms. The standard InChI is InChI=1S/C28H21ClFN3O2/c29-21-11-9-20(10-12-21)27-26(19-5-2-1-3-6-19)18-33(32-27)28(34)31-23-13-15-24(16-14-23)35-25-8-4-7-22(30)17-25/h1-17,32H,18H2,(H,31,34). The SMILES string of the molecule is O=C(Nc1ccc(Oc2cccc(F)c2)cc1)N1CC(c2ccccc2)=C(c2ccc(Cl)cc2)N1. The fourth-order valence-electron chi connectivity index (χ4n) is 3.80. The average molecular weight is 486 g/mol. The van der Waals surface area contributed by atoms with E-state index in [9.17, 15) is 9.18 Å². The molecule has 5 rings (SSSR count). The molecular formula is C28H21ClFN3O2. The predicted octanol–water partition coefficient (Wildman–Crippen LogP) is 7.19. The van der Waals surface area contributed by atoms with Crippen LogP contribution in [0.4, 0.5) is 14.9 Å². The lowest BCUT2D eigenvalue weighted by atomic mass is 10.0. The van der Waals surface area contributed by atoms with Crippen molar-refractivity contribution in [1.82, 2.24) is 10.4 Å². The summed E-state index contributed by atoms with van der Waals surface area (Å²) < 4.78 is 19.0. The van der Waals surface area contributed by atoms with Crippen molar-refractivity contribution < 1.29 is 13.9 Å². The first kappa shape index (κ1) is 22.5. The summed E-state index contributed by atoms with van der Waals surface area (Å²) in [4.78, 5) is 13.1. The maximum absolute atomic E-state index is 13.4. The molecule has 35 heavy (non-hydrogen) atoms. The van der Waals surface area contributed by atoms with Crippen LogP contribution in [0.15, 0.2) is 103 Å². The summed E-state index contributed by atoms with van der Waals surface area (Å²) in [7, 11) is 0. The van der Waals surface area contributed by atoms with Crippen molar-refractivity contribution >= 4 is 34.6 Å². The number of anilines is 1. The average Bonchev–Trinajstić information content (AvgIpc) is 3.32. The van der Waals surface area contributed by atoms with Crippen LogP contribution in [0.1, 0.15) is 11.1 Å². The summed E-state index contributed by atoms with van der Waals surface area (Å²) in [6, 6.07) is 29.9. The molecule has 1 heterocycles. The van der Waals surface area contributed by atoms with Crippen LogP contribution in [0.5, 0.6) is 11.5 Å². The number of hydrogen-bond donors (Lipinski definition) is 2. The lowest BCUT2D eigenvalue weighted by Gasteiger charge is -2.19. The molecule has 174 valence electrons. The van der Waals surface area contributed by atoms with Gasteiger partial charge in [0, 0.05) is 22.3 Å². The zero-order valence-corrected chi connectivity index (χ0v) is 19.3. The molecule has 0 aliphatic carbocycles. The van der Waals surface area contributed by atoms with Gasteiger partial charge in [-0.2, -0.15) is 0 Å². The smallest absolute Gasteiger partial charge is 0.340 e. The third kappa shape index (κ3) is 5.28. The Morgan fingerprint density at radius 3 is 2.31 bits per heavy atom. The number of amides is 2. The Bertz CT molecular complexity index is 1370. The number of halogens is 2. The van der Waals surface area contributed by atoms with E-state index in [1.807, 2.05) is 54.6 Å². The molecule has 0 unspecified atom stereocenters. The minimum Gasteiger partial charge on any atom is -0.457 e. The first-order valence-corrected chi connectivity index (χ1v) is 11.4. The van der Waals surface area contributed by atoms with Crippen LogP contribution in [-0.2, 0) is 0 Å². The molecule has 0 fully saturated rings. The van der Waals surface area contributed by atoms with E-state index in [0.717, 1.165) is 22.4 Å². The molecule has 1 aliphatic heterocycles. The van der Waals surface area contributed by atoms with Gasteiger partial charge in [-0.3, -0.25) is 5.43 Å². The van der Waals surface area contributed by atoms with Crippen molar-refractivity contribution in [3.8, 4) is 11.5 Å². The van der Waals surface area contributed by atoms with Crippen molar-refractivity contribution in [2.45, 2.75) is 0 Å². The number of urea groups is 1. The maximum Gasteiger partial charge on any atom is 0.340 e. The van der Waals surface area contributed by atoms with Crippen LogP contribution in [-0.4, -0.2) is 17.6 Å². The second kappa shape index (κ2) is 9.91. The molecule has 2 amide bonds. The number of carbonyl (C=O) groups excluding carboxylic acids is 1. The van der Waals surface area contributed by atoms with Crippen LogP contribution in [0.2, 0.25) is 5.02 Å². The molecule has 1 aliphatic rings. The van der Waals surface area contributed by atoms with Gasteiger partial charge in [0.25, 0.3) is 0 Å². The van der Waals surface area contributed by atoms with Crippen molar-refractivity contribution in [3.05, 3.63) is 125 Å². The zero-order valence-electron chi connectivity index (χ0n) is 18.5. The number of hydrogen-bond acceptors (Lipinski definition) is 3. The Morgan fingerprint density at radius 1 is 0.857 bits per heavy atom. The highest BCUT2D eigenvalue weighted by atomic mass is 35.5. The van der Waals surface area contributed by atoms with E-state index in [4.69, 9.17) is 16.3 Å². The van der Waals surface area contributed by atoms with Gasteiger partial charge in [-0.05, 0) is 59.7 Å². The van der Waals surface area contributed by atoms with Gasteiger partial charge in [0.05, 0.1) is 12.2 Å². The number of benzene rings is 4. The highest BCUT2D eigenvalue weighted by Crippen LogP contribution is 2.31. The van der Waals surface area contributed by atoms with Crippen molar-refractivity contribution in [3.63, 3.8) is 0 Å². The van der Waals surface area contributed by atoms with Gasteiger partial charge in [-0.15, -0.1) is 0 Å². The maximum atomic E-state index is 13.4. The molecule has 5 nitrogen and oxygen atoms in total. The molecule has 0 atom stereocenters. The summed E-state index contributed by atoms with van der Waals surface area (Å²) in [5.41, 5.74) is 7.65. The lowest BCUT2D eigenvalue weighted by Crippen LogP contribution is -2.40. The van der Waals surface area contributed by atoms with Gasteiger partial charge in [0.15, 0.2) is 0 Å². The first-order valence-electron chi connectivity index (χ1n) is 11.0. The molecule has 0 bridgehead atoms. The molecule has 0 saturated carbocycles. The monoisotopic (exact) mass is 485 g/mol. The molecule has 4 aromatic carbocycles. The van der Waals surface area contributed by atoms with Gasteiger partial charge in [0.2, 0.25) is 0 Å². The van der Waals surface area contributed by atoms with Gasteiger partial charge in [0.1, 0.15) is 17.3 Å². The second-order valence-electron chi connectivity index (χ2n) is 7.94. The Labute approximate surface area is 207 Å². The molecule has 0 spiro atoms. The van der Waals surface area contributed by atoms with Gasteiger partial charge in [-0.25, -0.2) is 14.2 Å². The van der Waals surface area contributed by atoms with Crippen LogP contribution >= 0.6 is 11.6 Å². The molecule has 2 N–H and O–H groups in total. The number of hydrazine groups is 1. The number of carbonyl (C=O) groups is 1. The first-order chi connectivity index (χ1) is 17.0. The number of nitrogens with zero attached hydrogens (tertiary/aromatic N) is 1. The predicted molar refractivity (Wildman–Crippen MR) is 136 cm³/mol. The van der Waals surface area contributed by atoms with E-state index in [-0.39, 0.29) is 11.8 Å². The van der Waals surface area contributed by atoms with E-state index in [1.165, 1.54) is 17.1 Å². The van der Waals surface area contributed by atoms with Gasteiger partial charge in [-0.1, -0.05) is 60.1 Å². The third-order valence-corrected chi connectivity index (χ3v) is 5.75. The minimum atomic E-state index is -0.369. The second-order valence-corrected chi connectivity index (χ2v) is 8.37. The van der Waals surface area contributed by atoms with Gasteiger partial charge >= 0.3 is 6.03 Å². The Kier molecular flexibility index (Phi) is 6.37. The quantitative estimate of drug-likeness (QED) is 0.314. The Hall–Kier alpha value is -4.29. The largest absolute Gasteiger partial charge is 0.457 e. The lowest BCUT2D eigenvalue weighted by molar-refractivity contribution is 0.210. The topological polar surface area (TPSA) is 53.6 Å². The van der Waals surface area contributed by atoms with E-state index < -0.39 is 0 Å². The van der Waals surface area contributed by atoms with Crippen LogP contribution in [0.3, 0.4) is 0 Å². The van der Waals surface area contributed by atoms with E-state index >= 15 is 0 Å². The fourth-order valence-corrected chi connectivity index (χ4v) is 3.92. The molecule has 0 radical (unpaired) electrons. The van der Waals surface area contributed by atoms with Crippen molar-refractivity contribution in [2.75, 3.05) is 11.9 Å². The number of rotatable bonds is 5. The molecule has 0 saturated heterocycles. The summed E-state index contributed by atoms with van der Waals surface area (Å²) in [6.07, 6.45) is 0. The van der Waals surface area contributed by atoms with E-state index in [1.54, 1.807) is 36.4 Å². The van der Waals surface area contributed by atoms with E-state index in [0.29, 0.717) is 28.8 Å². The van der Waals surface area contributed by atoms with Crippen molar-refractivity contribution in [2.24, 2.45) is 0 Å². The molecule has 4 aromatic rings. The Balaban J connectivity index is 1.30. The molecular weight excluding hydrogens is 465 g/mol. The summed E-state index contributed by atoms with van der Waals surface area (Å²) in [6.45, 7) is 0.384. The fraction of sp³-hybridized carbons (Fsp3) is 0.0357.